The highest BCUT2D eigenvalue weighted by Gasteiger charge is 2.47. The van der Waals surface area contributed by atoms with E-state index in [0.717, 1.165) is 48.1 Å². The van der Waals surface area contributed by atoms with E-state index in [1.54, 1.807) is 18.2 Å². The van der Waals surface area contributed by atoms with Gasteiger partial charge in [-0.2, -0.15) is 0 Å². The number of amides is 1. The molecule has 0 unspecified atom stereocenters. The van der Waals surface area contributed by atoms with Gasteiger partial charge in [-0.05, 0) is 74.6 Å². The Balaban J connectivity index is 1.43. The van der Waals surface area contributed by atoms with Gasteiger partial charge in [0.2, 0.25) is 0 Å². The van der Waals surface area contributed by atoms with Crippen LogP contribution in [0, 0.1) is 17.0 Å². The number of carbonyl (C=O) groups is 1. The monoisotopic (exact) mass is 444 g/mol. The zero-order valence-corrected chi connectivity index (χ0v) is 19.2. The number of likely N-dealkylation sites (N-methyl/N-ethyl adjacent to an activating group) is 1. The first-order valence-corrected chi connectivity index (χ1v) is 11.3. The molecule has 0 bridgehead atoms. The van der Waals surface area contributed by atoms with Crippen LogP contribution in [-0.4, -0.2) is 49.0 Å². The maximum atomic E-state index is 13.4. The Morgan fingerprint density at radius 1 is 1.09 bits per heavy atom. The third-order valence-electron chi connectivity index (χ3n) is 7.14. The summed E-state index contributed by atoms with van der Waals surface area (Å²) in [6.07, 6.45) is 1.63. The van der Waals surface area contributed by atoms with E-state index in [2.05, 4.69) is 35.3 Å². The smallest absolute Gasteiger partial charge is 0.277 e. The first-order valence-electron chi connectivity index (χ1n) is 11.3. The molecule has 1 N–H and O–H groups in total. The lowest BCUT2D eigenvalue weighted by molar-refractivity contribution is -0.383. The van der Waals surface area contributed by atoms with Gasteiger partial charge in [-0.15, -0.1) is 0 Å². The summed E-state index contributed by atoms with van der Waals surface area (Å²) >= 11 is 0. The Labute approximate surface area is 193 Å². The molecule has 33 heavy (non-hydrogen) atoms. The molecule has 0 atom stereocenters. The van der Waals surface area contributed by atoms with Crippen molar-refractivity contribution < 1.29 is 9.72 Å². The molecule has 170 valence electrons. The third kappa shape index (κ3) is 3.72. The highest BCUT2D eigenvalue weighted by Crippen LogP contribution is 2.49. The molecular formula is C26H28N4O3. The second-order valence-corrected chi connectivity index (χ2v) is 9.49. The Hall–Kier alpha value is -3.45. The average Bonchev–Trinajstić information content (AvgIpc) is 3.52. The van der Waals surface area contributed by atoms with Crippen molar-refractivity contribution in [3.05, 3.63) is 81.4 Å². The number of hydrogen-bond donors (Lipinski definition) is 1. The van der Waals surface area contributed by atoms with Crippen molar-refractivity contribution in [1.29, 1.82) is 0 Å². The van der Waals surface area contributed by atoms with Gasteiger partial charge in [0.15, 0.2) is 0 Å². The molecule has 0 radical (unpaired) electrons. The van der Waals surface area contributed by atoms with E-state index in [4.69, 9.17) is 0 Å². The summed E-state index contributed by atoms with van der Waals surface area (Å²) < 4.78 is 0. The van der Waals surface area contributed by atoms with Gasteiger partial charge in [0, 0.05) is 36.4 Å². The van der Waals surface area contributed by atoms with Crippen LogP contribution in [0.4, 0.5) is 11.4 Å². The van der Waals surface area contributed by atoms with E-state index < -0.39 is 5.54 Å². The van der Waals surface area contributed by atoms with Crippen LogP contribution < -0.4 is 10.2 Å². The van der Waals surface area contributed by atoms with Crippen molar-refractivity contribution in [2.75, 3.05) is 32.1 Å². The fourth-order valence-electron chi connectivity index (χ4n) is 4.78. The Bertz CT molecular complexity index is 1260. The standard InChI is InChI=1S/C26H28N4O3/c1-17-8-9-18(29-15-19(16-29)28(2)3)14-22(17)25(31)27-26(12-13-26)23-10-11-24(30(32)33)21-7-5-4-6-20(21)23/h4-11,14,19H,12-13,15-16H2,1-3H3,(H,27,31). The predicted octanol–water partition coefficient (Wildman–Crippen LogP) is 4.23. The fourth-order valence-corrected chi connectivity index (χ4v) is 4.78. The minimum atomic E-state index is -0.485. The van der Waals surface area contributed by atoms with Crippen LogP contribution in [0.25, 0.3) is 10.8 Å². The van der Waals surface area contributed by atoms with Crippen LogP contribution in [0.3, 0.4) is 0 Å². The zero-order chi connectivity index (χ0) is 23.3. The molecular weight excluding hydrogens is 416 g/mol. The van der Waals surface area contributed by atoms with E-state index in [9.17, 15) is 14.9 Å². The first kappa shape index (κ1) is 21.4. The second kappa shape index (κ2) is 7.85. The summed E-state index contributed by atoms with van der Waals surface area (Å²) in [4.78, 5) is 29.1. The summed E-state index contributed by atoms with van der Waals surface area (Å²) in [5.74, 6) is -0.0982. The molecule has 7 nitrogen and oxygen atoms in total. The first-order chi connectivity index (χ1) is 15.8. The van der Waals surface area contributed by atoms with Crippen LogP contribution in [0.15, 0.2) is 54.6 Å². The van der Waals surface area contributed by atoms with Gasteiger partial charge in [-0.1, -0.05) is 24.3 Å². The van der Waals surface area contributed by atoms with Crippen LogP contribution in [0.1, 0.15) is 34.3 Å². The van der Waals surface area contributed by atoms with Crippen molar-refractivity contribution in [2.24, 2.45) is 0 Å². The van der Waals surface area contributed by atoms with E-state index in [0.29, 0.717) is 17.0 Å². The highest BCUT2D eigenvalue weighted by molar-refractivity contribution is 5.99. The average molecular weight is 445 g/mol. The molecule has 1 heterocycles. The number of aryl methyl sites for hydroxylation is 1. The summed E-state index contributed by atoms with van der Waals surface area (Å²) in [5, 5.41) is 16.2. The highest BCUT2D eigenvalue weighted by atomic mass is 16.6. The van der Waals surface area contributed by atoms with Gasteiger partial charge in [0.1, 0.15) is 0 Å². The molecule has 5 rings (SSSR count). The van der Waals surface area contributed by atoms with Crippen molar-refractivity contribution in [1.82, 2.24) is 10.2 Å². The predicted molar refractivity (Wildman–Crippen MR) is 130 cm³/mol. The van der Waals surface area contributed by atoms with Crippen LogP contribution in [-0.2, 0) is 5.54 Å². The maximum absolute atomic E-state index is 13.4. The molecule has 1 saturated carbocycles. The molecule has 1 aliphatic carbocycles. The van der Waals surface area contributed by atoms with Crippen molar-refractivity contribution in [2.45, 2.75) is 31.3 Å². The molecule has 2 aliphatic rings. The van der Waals surface area contributed by atoms with Crippen molar-refractivity contribution in [3.63, 3.8) is 0 Å². The number of fused-ring (bicyclic) bond motifs is 1. The van der Waals surface area contributed by atoms with Gasteiger partial charge < -0.3 is 15.1 Å². The normalized spacial score (nSPS) is 17.2. The van der Waals surface area contributed by atoms with Gasteiger partial charge in [-0.25, -0.2) is 0 Å². The molecule has 1 amide bonds. The topological polar surface area (TPSA) is 78.7 Å². The number of hydrogen-bond acceptors (Lipinski definition) is 5. The molecule has 3 aromatic carbocycles. The largest absolute Gasteiger partial charge is 0.368 e. The van der Waals surface area contributed by atoms with Crippen LogP contribution in [0.2, 0.25) is 0 Å². The van der Waals surface area contributed by atoms with E-state index in [1.807, 2.05) is 37.3 Å². The molecule has 2 fully saturated rings. The summed E-state index contributed by atoms with van der Waals surface area (Å²) in [5.41, 5.74) is 3.23. The number of non-ortho nitro benzene ring substituents is 1. The lowest BCUT2D eigenvalue weighted by atomic mass is 9.95. The van der Waals surface area contributed by atoms with Crippen LogP contribution >= 0.6 is 0 Å². The van der Waals surface area contributed by atoms with E-state index >= 15 is 0 Å². The minimum absolute atomic E-state index is 0.0885. The molecule has 0 spiro atoms. The number of rotatable bonds is 6. The minimum Gasteiger partial charge on any atom is -0.368 e. The molecule has 7 heteroatoms. The number of nitrogens with zero attached hydrogens (tertiary/aromatic N) is 3. The lowest BCUT2D eigenvalue weighted by Crippen LogP contribution is -2.57. The fraction of sp³-hybridized carbons (Fsp3) is 0.346. The number of benzene rings is 3. The SMILES string of the molecule is Cc1ccc(N2CC(N(C)C)C2)cc1C(=O)NC1(c2ccc([N+](=O)[O-])c3ccccc23)CC1. The third-order valence-corrected chi connectivity index (χ3v) is 7.14. The van der Waals surface area contributed by atoms with Crippen LogP contribution in [0.5, 0.6) is 0 Å². The number of nitro groups is 1. The summed E-state index contributed by atoms with van der Waals surface area (Å²) in [6.45, 7) is 3.87. The molecule has 3 aromatic rings. The number of nitrogens with one attached hydrogen (secondary N) is 1. The number of nitro benzene ring substituents is 1. The number of anilines is 1. The van der Waals surface area contributed by atoms with E-state index in [-0.39, 0.29) is 16.5 Å². The van der Waals surface area contributed by atoms with Gasteiger partial charge in [-0.3, -0.25) is 14.9 Å². The van der Waals surface area contributed by atoms with Gasteiger partial charge in [0.25, 0.3) is 11.6 Å². The summed E-state index contributed by atoms with van der Waals surface area (Å²) in [7, 11) is 4.18. The Morgan fingerprint density at radius 3 is 2.42 bits per heavy atom. The van der Waals surface area contributed by atoms with Crippen molar-refractivity contribution >= 4 is 28.1 Å². The summed E-state index contributed by atoms with van der Waals surface area (Å²) in [6, 6.07) is 17.3. The van der Waals surface area contributed by atoms with Crippen molar-refractivity contribution in [3.8, 4) is 0 Å². The zero-order valence-electron chi connectivity index (χ0n) is 19.2. The molecule has 1 saturated heterocycles. The molecule has 1 aliphatic heterocycles. The second-order valence-electron chi connectivity index (χ2n) is 9.49. The quantitative estimate of drug-likeness (QED) is 0.455. The van der Waals surface area contributed by atoms with E-state index in [1.165, 1.54) is 0 Å². The molecule has 0 aromatic heterocycles. The van der Waals surface area contributed by atoms with Gasteiger partial charge in [0.05, 0.1) is 15.8 Å². The Morgan fingerprint density at radius 2 is 1.79 bits per heavy atom. The number of carbonyl (C=O) groups excluding carboxylic acids is 1. The van der Waals surface area contributed by atoms with Gasteiger partial charge >= 0.3 is 0 Å². The lowest BCUT2D eigenvalue weighted by Gasteiger charge is -2.44. The Kier molecular flexibility index (Phi) is 5.09. The maximum Gasteiger partial charge on any atom is 0.277 e.